The predicted octanol–water partition coefficient (Wildman–Crippen LogP) is 1.25. The highest BCUT2D eigenvalue weighted by molar-refractivity contribution is 5.81. The fourth-order valence-electron chi connectivity index (χ4n) is 2.21. The van der Waals surface area contributed by atoms with Gasteiger partial charge in [0.05, 0.1) is 17.2 Å². The van der Waals surface area contributed by atoms with E-state index >= 15 is 0 Å². The molecule has 0 atom stereocenters. The number of carbonyl (C=O) groups is 1. The maximum absolute atomic E-state index is 12.4. The topological polar surface area (TPSA) is 73.2 Å². The molecule has 0 aliphatic carbocycles. The van der Waals surface area contributed by atoms with Gasteiger partial charge in [-0.2, -0.15) is 0 Å². The lowest BCUT2D eigenvalue weighted by atomic mass is 10.1. The number of benzene rings is 1. The average Bonchev–Trinajstić information content (AvgIpc) is 2.50. The molecule has 0 bridgehead atoms. The summed E-state index contributed by atoms with van der Waals surface area (Å²) >= 11 is 0. The van der Waals surface area contributed by atoms with Crippen molar-refractivity contribution in [1.29, 1.82) is 0 Å². The van der Waals surface area contributed by atoms with Crippen molar-refractivity contribution in [3.05, 3.63) is 40.4 Å². The van der Waals surface area contributed by atoms with Crippen LogP contribution in [0.25, 0.3) is 10.9 Å². The summed E-state index contributed by atoms with van der Waals surface area (Å²) in [6, 6.07) is 5.46. The summed E-state index contributed by atoms with van der Waals surface area (Å²) < 4.78 is 6.53. The van der Waals surface area contributed by atoms with Gasteiger partial charge in [0.1, 0.15) is 6.54 Å². The zero-order chi connectivity index (χ0) is 15.9. The first-order valence-electron chi connectivity index (χ1n) is 7.42. The standard InChI is InChI=1S/C16H21N3O3/c1-3-22-9-5-8-17-14(20)10-19-11-18-15-12(2)6-4-7-13(15)16(19)21/h4,6-7,11H,3,5,8-10H2,1-2H3,(H,17,20). The number of amides is 1. The third kappa shape index (κ3) is 3.92. The maximum Gasteiger partial charge on any atom is 0.261 e. The summed E-state index contributed by atoms with van der Waals surface area (Å²) in [7, 11) is 0. The average molecular weight is 303 g/mol. The van der Waals surface area contributed by atoms with Gasteiger partial charge in [-0.25, -0.2) is 4.98 Å². The summed E-state index contributed by atoms with van der Waals surface area (Å²) in [6.07, 6.45) is 2.18. The van der Waals surface area contributed by atoms with Gasteiger partial charge in [-0.05, 0) is 31.9 Å². The number of rotatable bonds is 7. The van der Waals surface area contributed by atoms with Crippen LogP contribution >= 0.6 is 0 Å². The van der Waals surface area contributed by atoms with Gasteiger partial charge >= 0.3 is 0 Å². The van der Waals surface area contributed by atoms with Crippen molar-refractivity contribution >= 4 is 16.8 Å². The van der Waals surface area contributed by atoms with Gasteiger partial charge in [0.25, 0.3) is 5.56 Å². The summed E-state index contributed by atoms with van der Waals surface area (Å²) in [4.78, 5) is 28.5. The molecule has 0 saturated heterocycles. The number of aryl methyl sites for hydroxylation is 1. The number of ether oxygens (including phenoxy) is 1. The Morgan fingerprint density at radius 1 is 1.41 bits per heavy atom. The first-order chi connectivity index (χ1) is 10.6. The van der Waals surface area contributed by atoms with Crippen LogP contribution in [-0.4, -0.2) is 35.2 Å². The summed E-state index contributed by atoms with van der Waals surface area (Å²) in [5, 5.41) is 3.30. The highest BCUT2D eigenvalue weighted by Gasteiger charge is 2.08. The van der Waals surface area contributed by atoms with Crippen LogP contribution in [0.15, 0.2) is 29.3 Å². The quantitative estimate of drug-likeness (QED) is 0.781. The molecule has 0 aliphatic rings. The van der Waals surface area contributed by atoms with E-state index in [9.17, 15) is 9.59 Å². The van der Waals surface area contributed by atoms with Gasteiger partial charge < -0.3 is 10.1 Å². The lowest BCUT2D eigenvalue weighted by molar-refractivity contribution is -0.121. The van der Waals surface area contributed by atoms with Gasteiger partial charge in [-0.3, -0.25) is 14.2 Å². The van der Waals surface area contributed by atoms with E-state index in [-0.39, 0.29) is 18.0 Å². The second-order valence-electron chi connectivity index (χ2n) is 5.05. The van der Waals surface area contributed by atoms with Crippen LogP contribution in [0.3, 0.4) is 0 Å². The third-order valence-corrected chi connectivity index (χ3v) is 3.36. The van der Waals surface area contributed by atoms with E-state index in [1.165, 1.54) is 10.9 Å². The Hall–Kier alpha value is -2.21. The summed E-state index contributed by atoms with van der Waals surface area (Å²) in [5.74, 6) is -0.201. The number of para-hydroxylation sites is 1. The Kier molecular flexibility index (Phi) is 5.66. The fourth-order valence-corrected chi connectivity index (χ4v) is 2.21. The van der Waals surface area contributed by atoms with Gasteiger partial charge in [-0.15, -0.1) is 0 Å². The molecule has 1 heterocycles. The van der Waals surface area contributed by atoms with E-state index in [1.807, 2.05) is 26.0 Å². The van der Waals surface area contributed by atoms with Crippen LogP contribution in [-0.2, 0) is 16.1 Å². The van der Waals surface area contributed by atoms with Crippen molar-refractivity contribution in [3.63, 3.8) is 0 Å². The maximum atomic E-state index is 12.4. The minimum Gasteiger partial charge on any atom is -0.382 e. The van der Waals surface area contributed by atoms with E-state index in [2.05, 4.69) is 10.3 Å². The number of carbonyl (C=O) groups excluding carboxylic acids is 1. The number of nitrogens with zero attached hydrogens (tertiary/aromatic N) is 2. The lowest BCUT2D eigenvalue weighted by Gasteiger charge is -2.08. The minimum atomic E-state index is -0.201. The molecule has 1 amide bonds. The zero-order valence-corrected chi connectivity index (χ0v) is 13.0. The Labute approximate surface area is 129 Å². The molecule has 1 aromatic carbocycles. The largest absolute Gasteiger partial charge is 0.382 e. The second-order valence-corrected chi connectivity index (χ2v) is 5.05. The van der Waals surface area contributed by atoms with E-state index < -0.39 is 0 Å². The normalized spacial score (nSPS) is 10.8. The van der Waals surface area contributed by atoms with E-state index in [1.54, 1.807) is 6.07 Å². The molecule has 6 heteroatoms. The smallest absolute Gasteiger partial charge is 0.261 e. The van der Waals surface area contributed by atoms with Crippen molar-refractivity contribution in [2.75, 3.05) is 19.8 Å². The SMILES string of the molecule is CCOCCCNC(=O)Cn1cnc2c(C)cccc2c1=O. The van der Waals surface area contributed by atoms with Crippen LogP contribution in [0.1, 0.15) is 18.9 Å². The van der Waals surface area contributed by atoms with Crippen molar-refractivity contribution in [3.8, 4) is 0 Å². The first-order valence-corrected chi connectivity index (χ1v) is 7.42. The molecule has 0 radical (unpaired) electrons. The first kappa shape index (κ1) is 16.2. The Morgan fingerprint density at radius 3 is 3.00 bits per heavy atom. The molecular weight excluding hydrogens is 282 g/mol. The van der Waals surface area contributed by atoms with Crippen LogP contribution in [0, 0.1) is 6.92 Å². The van der Waals surface area contributed by atoms with Crippen LogP contribution in [0.2, 0.25) is 0 Å². The Morgan fingerprint density at radius 2 is 2.23 bits per heavy atom. The lowest BCUT2D eigenvalue weighted by Crippen LogP contribution is -2.33. The summed E-state index contributed by atoms with van der Waals surface area (Å²) in [5.41, 5.74) is 1.43. The van der Waals surface area contributed by atoms with E-state index in [4.69, 9.17) is 4.74 Å². The van der Waals surface area contributed by atoms with E-state index in [0.717, 1.165) is 12.0 Å². The molecule has 0 saturated carbocycles. The molecule has 6 nitrogen and oxygen atoms in total. The molecule has 0 aliphatic heterocycles. The molecule has 0 fully saturated rings. The molecule has 0 unspecified atom stereocenters. The minimum absolute atomic E-state index is 0.0235. The van der Waals surface area contributed by atoms with Crippen molar-refractivity contribution < 1.29 is 9.53 Å². The molecule has 118 valence electrons. The van der Waals surface area contributed by atoms with Gasteiger partial charge in [-0.1, -0.05) is 12.1 Å². The highest BCUT2D eigenvalue weighted by Crippen LogP contribution is 2.10. The van der Waals surface area contributed by atoms with Crippen molar-refractivity contribution in [2.24, 2.45) is 0 Å². The Bertz CT molecular complexity index is 709. The monoisotopic (exact) mass is 303 g/mol. The van der Waals surface area contributed by atoms with Gasteiger partial charge in [0.15, 0.2) is 0 Å². The van der Waals surface area contributed by atoms with Crippen molar-refractivity contribution in [1.82, 2.24) is 14.9 Å². The number of fused-ring (bicyclic) bond motifs is 1. The highest BCUT2D eigenvalue weighted by atomic mass is 16.5. The number of hydrogen-bond donors (Lipinski definition) is 1. The predicted molar refractivity (Wildman–Crippen MR) is 84.9 cm³/mol. The second kappa shape index (κ2) is 7.70. The molecule has 2 rings (SSSR count). The van der Waals surface area contributed by atoms with Gasteiger partial charge in [0.2, 0.25) is 5.91 Å². The number of hydrogen-bond acceptors (Lipinski definition) is 4. The molecule has 1 N–H and O–H groups in total. The summed E-state index contributed by atoms with van der Waals surface area (Å²) in [6.45, 7) is 5.64. The molecule has 1 aromatic heterocycles. The third-order valence-electron chi connectivity index (χ3n) is 3.36. The molecular formula is C16H21N3O3. The van der Waals surface area contributed by atoms with Crippen LogP contribution in [0.4, 0.5) is 0 Å². The number of aromatic nitrogens is 2. The van der Waals surface area contributed by atoms with Crippen LogP contribution in [0.5, 0.6) is 0 Å². The molecule has 2 aromatic rings. The van der Waals surface area contributed by atoms with Gasteiger partial charge in [0, 0.05) is 19.8 Å². The van der Waals surface area contributed by atoms with Crippen LogP contribution < -0.4 is 10.9 Å². The fraction of sp³-hybridized carbons (Fsp3) is 0.438. The van der Waals surface area contributed by atoms with Crippen molar-refractivity contribution in [2.45, 2.75) is 26.8 Å². The van der Waals surface area contributed by atoms with E-state index in [0.29, 0.717) is 30.7 Å². The molecule has 22 heavy (non-hydrogen) atoms. The zero-order valence-electron chi connectivity index (χ0n) is 13.0. The number of nitrogens with one attached hydrogen (secondary N) is 1. The molecule has 0 spiro atoms. The Balaban J connectivity index is 2.01.